The van der Waals surface area contributed by atoms with E-state index in [2.05, 4.69) is 9.97 Å². The van der Waals surface area contributed by atoms with E-state index in [1.165, 1.54) is 11.2 Å². The summed E-state index contributed by atoms with van der Waals surface area (Å²) < 4.78 is 24.7. The number of nitrogens with zero attached hydrogens (tertiary/aromatic N) is 3. The fraction of sp³-hybridized carbons (Fsp3) is 0.273. The molecule has 0 bridgehead atoms. The van der Waals surface area contributed by atoms with E-state index in [4.69, 9.17) is 5.73 Å². The number of hydrogen-bond donors (Lipinski definition) is 1. The van der Waals surface area contributed by atoms with Crippen molar-refractivity contribution in [2.45, 2.75) is 6.43 Å². The lowest BCUT2D eigenvalue weighted by Crippen LogP contribution is -2.25. The van der Waals surface area contributed by atoms with Crippen LogP contribution in [0.3, 0.4) is 0 Å². The standard InChI is InChI=1S/C11H12F2N4/c1-17(5-10(12)13)11-8-3-2-7(14)4-9(8)15-6-16-11/h2-4,6,10H,5,14H2,1H3. The highest BCUT2D eigenvalue weighted by Gasteiger charge is 2.12. The van der Waals surface area contributed by atoms with Crippen LogP contribution in [0, 0.1) is 0 Å². The summed E-state index contributed by atoms with van der Waals surface area (Å²) in [5.74, 6) is 0.482. The lowest BCUT2D eigenvalue weighted by Gasteiger charge is -2.18. The van der Waals surface area contributed by atoms with Gasteiger partial charge in [-0.2, -0.15) is 0 Å². The number of rotatable bonds is 3. The topological polar surface area (TPSA) is 55.0 Å². The lowest BCUT2D eigenvalue weighted by atomic mass is 10.2. The number of aromatic nitrogens is 2. The lowest BCUT2D eigenvalue weighted by molar-refractivity contribution is 0.156. The van der Waals surface area contributed by atoms with Gasteiger partial charge in [0.1, 0.15) is 12.1 Å². The summed E-state index contributed by atoms with van der Waals surface area (Å²) in [6, 6.07) is 5.13. The number of alkyl halides is 2. The Hall–Kier alpha value is -1.98. The molecular weight excluding hydrogens is 226 g/mol. The van der Waals surface area contributed by atoms with Crippen molar-refractivity contribution in [1.82, 2.24) is 9.97 Å². The molecular formula is C11H12F2N4. The van der Waals surface area contributed by atoms with Crippen molar-refractivity contribution in [3.05, 3.63) is 24.5 Å². The van der Waals surface area contributed by atoms with Crippen LogP contribution in [0.25, 0.3) is 10.9 Å². The van der Waals surface area contributed by atoms with Gasteiger partial charge in [0.2, 0.25) is 0 Å². The Morgan fingerprint density at radius 2 is 2.12 bits per heavy atom. The molecule has 17 heavy (non-hydrogen) atoms. The summed E-state index contributed by atoms with van der Waals surface area (Å²) in [5, 5.41) is 0.713. The van der Waals surface area contributed by atoms with Gasteiger partial charge >= 0.3 is 0 Å². The van der Waals surface area contributed by atoms with Crippen molar-refractivity contribution >= 4 is 22.4 Å². The summed E-state index contributed by atoms with van der Waals surface area (Å²) in [5.41, 5.74) is 6.87. The van der Waals surface area contributed by atoms with Gasteiger partial charge in [0.25, 0.3) is 6.43 Å². The molecule has 0 atom stereocenters. The minimum absolute atomic E-state index is 0.365. The maximum absolute atomic E-state index is 12.3. The summed E-state index contributed by atoms with van der Waals surface area (Å²) in [4.78, 5) is 9.50. The number of fused-ring (bicyclic) bond motifs is 1. The molecule has 0 saturated carbocycles. The number of benzene rings is 1. The molecule has 0 saturated heterocycles. The van der Waals surface area contributed by atoms with Gasteiger partial charge in [-0.1, -0.05) is 0 Å². The molecule has 2 N–H and O–H groups in total. The molecule has 0 amide bonds. The smallest absolute Gasteiger partial charge is 0.255 e. The van der Waals surface area contributed by atoms with Crippen LogP contribution in [0.5, 0.6) is 0 Å². The summed E-state index contributed by atoms with van der Waals surface area (Å²) in [6.07, 6.45) is -1.06. The number of nitrogen functional groups attached to an aromatic ring is 1. The van der Waals surface area contributed by atoms with Crippen molar-refractivity contribution in [2.75, 3.05) is 24.2 Å². The van der Waals surface area contributed by atoms with Crippen LogP contribution in [0.4, 0.5) is 20.3 Å². The number of hydrogen-bond acceptors (Lipinski definition) is 4. The van der Waals surface area contributed by atoms with Crippen LogP contribution < -0.4 is 10.6 Å². The van der Waals surface area contributed by atoms with Gasteiger partial charge in [0.05, 0.1) is 12.1 Å². The molecule has 0 spiro atoms. The third-order valence-corrected chi connectivity index (χ3v) is 2.41. The highest BCUT2D eigenvalue weighted by Crippen LogP contribution is 2.23. The molecule has 0 radical (unpaired) electrons. The first kappa shape index (κ1) is 11.5. The van der Waals surface area contributed by atoms with Gasteiger partial charge in [0, 0.05) is 18.1 Å². The molecule has 6 heteroatoms. The molecule has 1 aromatic carbocycles. The molecule has 0 aliphatic carbocycles. The van der Waals surface area contributed by atoms with Gasteiger partial charge in [-0.3, -0.25) is 0 Å². The van der Waals surface area contributed by atoms with Gasteiger partial charge < -0.3 is 10.6 Å². The van der Waals surface area contributed by atoms with E-state index < -0.39 is 6.43 Å². The van der Waals surface area contributed by atoms with Crippen molar-refractivity contribution < 1.29 is 8.78 Å². The molecule has 1 aromatic heterocycles. The van der Waals surface area contributed by atoms with E-state index >= 15 is 0 Å². The van der Waals surface area contributed by atoms with E-state index in [0.717, 1.165) is 0 Å². The van der Waals surface area contributed by atoms with Crippen LogP contribution in [0.2, 0.25) is 0 Å². The van der Waals surface area contributed by atoms with E-state index in [0.29, 0.717) is 22.4 Å². The average molecular weight is 238 g/mol. The van der Waals surface area contributed by atoms with Gasteiger partial charge in [-0.25, -0.2) is 18.7 Å². The second kappa shape index (κ2) is 4.48. The molecule has 0 fully saturated rings. The molecule has 2 aromatic rings. The van der Waals surface area contributed by atoms with Gasteiger partial charge in [-0.05, 0) is 18.2 Å². The zero-order valence-corrected chi connectivity index (χ0v) is 9.27. The predicted octanol–water partition coefficient (Wildman–Crippen LogP) is 1.91. The van der Waals surface area contributed by atoms with Crippen LogP contribution >= 0.6 is 0 Å². The van der Waals surface area contributed by atoms with Crippen molar-refractivity contribution in [3.63, 3.8) is 0 Å². The van der Waals surface area contributed by atoms with Crippen LogP contribution in [0.15, 0.2) is 24.5 Å². The van der Waals surface area contributed by atoms with Crippen molar-refractivity contribution in [3.8, 4) is 0 Å². The van der Waals surface area contributed by atoms with Crippen molar-refractivity contribution in [1.29, 1.82) is 0 Å². The Morgan fingerprint density at radius 1 is 1.35 bits per heavy atom. The molecule has 1 heterocycles. The fourth-order valence-electron chi connectivity index (χ4n) is 1.66. The number of anilines is 2. The van der Waals surface area contributed by atoms with Crippen LogP contribution in [0.1, 0.15) is 0 Å². The first-order valence-electron chi connectivity index (χ1n) is 5.07. The summed E-state index contributed by atoms with van der Waals surface area (Å²) in [7, 11) is 1.57. The Labute approximate surface area is 97.1 Å². The Balaban J connectivity index is 2.47. The monoisotopic (exact) mass is 238 g/mol. The molecule has 0 unspecified atom stereocenters. The zero-order chi connectivity index (χ0) is 12.4. The van der Waals surface area contributed by atoms with Crippen LogP contribution in [-0.2, 0) is 0 Å². The van der Waals surface area contributed by atoms with E-state index in [1.54, 1.807) is 25.2 Å². The molecule has 0 aliphatic heterocycles. The first-order chi connectivity index (χ1) is 8.08. The van der Waals surface area contributed by atoms with E-state index in [1.807, 2.05) is 0 Å². The fourth-order valence-corrected chi connectivity index (χ4v) is 1.66. The number of nitrogens with two attached hydrogens (primary N) is 1. The molecule has 2 rings (SSSR count). The predicted molar refractivity (Wildman–Crippen MR) is 63.2 cm³/mol. The maximum atomic E-state index is 12.3. The van der Waals surface area contributed by atoms with Crippen molar-refractivity contribution in [2.24, 2.45) is 0 Å². The number of halogens is 2. The second-order valence-corrected chi connectivity index (χ2v) is 3.75. The minimum Gasteiger partial charge on any atom is -0.399 e. The Kier molecular flexibility index (Phi) is 3.03. The first-order valence-corrected chi connectivity index (χ1v) is 5.07. The van der Waals surface area contributed by atoms with E-state index in [-0.39, 0.29) is 6.54 Å². The summed E-state index contributed by atoms with van der Waals surface area (Å²) in [6.45, 7) is -0.365. The second-order valence-electron chi connectivity index (χ2n) is 3.75. The van der Waals surface area contributed by atoms with Gasteiger partial charge in [0.15, 0.2) is 0 Å². The quantitative estimate of drug-likeness (QED) is 0.830. The normalized spacial score (nSPS) is 11.1. The maximum Gasteiger partial charge on any atom is 0.255 e. The Bertz CT molecular complexity index is 530. The zero-order valence-electron chi connectivity index (χ0n) is 9.27. The average Bonchev–Trinajstić information content (AvgIpc) is 2.26. The van der Waals surface area contributed by atoms with Gasteiger partial charge in [-0.15, -0.1) is 0 Å². The highest BCUT2D eigenvalue weighted by molar-refractivity contribution is 5.91. The molecule has 0 aliphatic rings. The largest absolute Gasteiger partial charge is 0.399 e. The highest BCUT2D eigenvalue weighted by atomic mass is 19.3. The third kappa shape index (κ3) is 2.41. The summed E-state index contributed by atoms with van der Waals surface area (Å²) >= 11 is 0. The minimum atomic E-state index is -2.40. The van der Waals surface area contributed by atoms with E-state index in [9.17, 15) is 8.78 Å². The third-order valence-electron chi connectivity index (χ3n) is 2.41. The molecule has 90 valence electrons. The Morgan fingerprint density at radius 3 is 2.82 bits per heavy atom. The SMILES string of the molecule is CN(CC(F)F)c1ncnc2cc(N)ccc12. The molecule has 4 nitrogen and oxygen atoms in total. The van der Waals surface area contributed by atoms with Crippen LogP contribution in [-0.4, -0.2) is 30.0 Å².